The fourth-order valence-electron chi connectivity index (χ4n) is 2.84. The van der Waals surface area contributed by atoms with Gasteiger partial charge in [0.25, 0.3) is 5.91 Å². The van der Waals surface area contributed by atoms with Crippen molar-refractivity contribution >= 4 is 17.5 Å². The van der Waals surface area contributed by atoms with Crippen LogP contribution in [0.2, 0.25) is 0 Å². The molecular weight excluding hydrogens is 335 g/mol. The number of halogens is 1. The Hall–Kier alpha value is -2.70. The normalized spacial score (nSPS) is 16.2. The maximum atomic E-state index is 13.6. The molecule has 6 nitrogen and oxygen atoms in total. The SMILES string of the molecule is CC1CCN(c2cc(NC(=O)C(C)Oc3ccccc3F)ncn2)CC1. The minimum Gasteiger partial charge on any atom is -0.478 e. The van der Waals surface area contributed by atoms with Gasteiger partial charge in [-0.15, -0.1) is 0 Å². The first-order valence-electron chi connectivity index (χ1n) is 8.82. The molecule has 26 heavy (non-hydrogen) atoms. The highest BCUT2D eigenvalue weighted by Crippen LogP contribution is 2.22. The fraction of sp³-hybridized carbons (Fsp3) is 0.421. The van der Waals surface area contributed by atoms with Gasteiger partial charge in [-0.2, -0.15) is 0 Å². The van der Waals surface area contributed by atoms with Crippen LogP contribution in [0.4, 0.5) is 16.0 Å². The average Bonchev–Trinajstić information content (AvgIpc) is 2.64. The van der Waals surface area contributed by atoms with Gasteiger partial charge in [0.2, 0.25) is 0 Å². The van der Waals surface area contributed by atoms with E-state index in [1.165, 1.54) is 18.5 Å². The van der Waals surface area contributed by atoms with Gasteiger partial charge in [0.15, 0.2) is 17.7 Å². The minimum absolute atomic E-state index is 0.0426. The zero-order valence-electron chi connectivity index (χ0n) is 15.0. The number of piperidine rings is 1. The van der Waals surface area contributed by atoms with Crippen LogP contribution in [-0.4, -0.2) is 35.1 Å². The van der Waals surface area contributed by atoms with Crippen molar-refractivity contribution in [2.75, 3.05) is 23.3 Å². The number of carbonyl (C=O) groups is 1. The van der Waals surface area contributed by atoms with Gasteiger partial charge in [-0.25, -0.2) is 14.4 Å². The Morgan fingerprint density at radius 3 is 2.77 bits per heavy atom. The van der Waals surface area contributed by atoms with Gasteiger partial charge in [-0.3, -0.25) is 4.79 Å². The Morgan fingerprint density at radius 1 is 1.31 bits per heavy atom. The quantitative estimate of drug-likeness (QED) is 0.889. The van der Waals surface area contributed by atoms with Gasteiger partial charge in [-0.1, -0.05) is 19.1 Å². The molecule has 7 heteroatoms. The monoisotopic (exact) mass is 358 g/mol. The van der Waals surface area contributed by atoms with Crippen LogP contribution < -0.4 is 15.0 Å². The van der Waals surface area contributed by atoms with E-state index >= 15 is 0 Å². The van der Waals surface area contributed by atoms with Crippen LogP contribution in [0.3, 0.4) is 0 Å². The van der Waals surface area contributed by atoms with Crippen molar-refractivity contribution in [3.63, 3.8) is 0 Å². The molecule has 1 unspecified atom stereocenters. The minimum atomic E-state index is -0.860. The van der Waals surface area contributed by atoms with Gasteiger partial charge in [0.05, 0.1) is 0 Å². The summed E-state index contributed by atoms with van der Waals surface area (Å²) < 4.78 is 19.0. The van der Waals surface area contributed by atoms with E-state index in [4.69, 9.17) is 4.74 Å². The number of amides is 1. The number of nitrogens with zero attached hydrogens (tertiary/aromatic N) is 3. The maximum absolute atomic E-state index is 13.6. The number of rotatable bonds is 5. The summed E-state index contributed by atoms with van der Waals surface area (Å²) in [6.07, 6.45) is 2.82. The van der Waals surface area contributed by atoms with Crippen molar-refractivity contribution in [1.82, 2.24) is 9.97 Å². The number of hydrogen-bond acceptors (Lipinski definition) is 5. The van der Waals surface area contributed by atoms with Crippen LogP contribution in [0.25, 0.3) is 0 Å². The number of hydrogen-bond donors (Lipinski definition) is 1. The number of carbonyl (C=O) groups excluding carboxylic acids is 1. The smallest absolute Gasteiger partial charge is 0.266 e. The Balaban J connectivity index is 1.62. The molecular formula is C19H23FN4O2. The number of nitrogens with one attached hydrogen (secondary N) is 1. The zero-order valence-corrected chi connectivity index (χ0v) is 15.0. The van der Waals surface area contributed by atoms with E-state index in [1.54, 1.807) is 25.1 Å². The first-order valence-corrected chi connectivity index (χ1v) is 8.82. The molecule has 138 valence electrons. The molecule has 0 bridgehead atoms. The van der Waals surface area contributed by atoms with Crippen molar-refractivity contribution in [2.45, 2.75) is 32.8 Å². The largest absolute Gasteiger partial charge is 0.478 e. The van der Waals surface area contributed by atoms with Crippen molar-refractivity contribution in [1.29, 1.82) is 0 Å². The summed E-state index contributed by atoms with van der Waals surface area (Å²) >= 11 is 0. The van der Waals surface area contributed by atoms with Gasteiger partial charge in [0, 0.05) is 19.2 Å². The summed E-state index contributed by atoms with van der Waals surface area (Å²) in [5.41, 5.74) is 0. The van der Waals surface area contributed by atoms with E-state index in [1.807, 2.05) is 0 Å². The molecule has 1 amide bonds. The van der Waals surface area contributed by atoms with Crippen molar-refractivity contribution < 1.29 is 13.9 Å². The summed E-state index contributed by atoms with van der Waals surface area (Å²) in [7, 11) is 0. The van der Waals surface area contributed by atoms with Gasteiger partial charge < -0.3 is 15.0 Å². The second-order valence-electron chi connectivity index (χ2n) is 6.61. The highest BCUT2D eigenvalue weighted by Gasteiger charge is 2.20. The lowest BCUT2D eigenvalue weighted by Crippen LogP contribution is -2.34. The molecule has 2 aromatic rings. The summed E-state index contributed by atoms with van der Waals surface area (Å²) in [6.45, 7) is 5.70. The predicted molar refractivity (Wildman–Crippen MR) is 97.8 cm³/mol. The molecule has 1 saturated heterocycles. The molecule has 1 aliphatic rings. The number of anilines is 2. The fourth-order valence-corrected chi connectivity index (χ4v) is 2.84. The second-order valence-corrected chi connectivity index (χ2v) is 6.61. The molecule has 3 rings (SSSR count). The number of ether oxygens (including phenoxy) is 1. The molecule has 0 radical (unpaired) electrons. The summed E-state index contributed by atoms with van der Waals surface area (Å²) in [5, 5.41) is 2.71. The molecule has 0 spiro atoms. The molecule has 1 aromatic carbocycles. The molecule has 0 aliphatic carbocycles. The zero-order chi connectivity index (χ0) is 18.5. The van der Waals surface area contributed by atoms with E-state index < -0.39 is 17.8 Å². The summed E-state index contributed by atoms with van der Waals surface area (Å²) in [4.78, 5) is 22.9. The molecule has 1 aliphatic heterocycles. The van der Waals surface area contributed by atoms with Crippen LogP contribution in [0, 0.1) is 11.7 Å². The highest BCUT2D eigenvalue weighted by atomic mass is 19.1. The number of benzene rings is 1. The number of para-hydroxylation sites is 1. The second kappa shape index (κ2) is 8.12. The Morgan fingerprint density at radius 2 is 2.04 bits per heavy atom. The lowest BCUT2D eigenvalue weighted by molar-refractivity contribution is -0.122. The first-order chi connectivity index (χ1) is 12.5. The van der Waals surface area contributed by atoms with Gasteiger partial charge in [0.1, 0.15) is 18.0 Å². The Kier molecular flexibility index (Phi) is 5.65. The molecule has 1 aromatic heterocycles. The summed E-state index contributed by atoms with van der Waals surface area (Å²) in [6, 6.07) is 7.75. The van der Waals surface area contributed by atoms with E-state index in [2.05, 4.69) is 27.1 Å². The van der Waals surface area contributed by atoms with Gasteiger partial charge >= 0.3 is 0 Å². The van der Waals surface area contributed by atoms with Crippen LogP contribution in [-0.2, 0) is 4.79 Å². The van der Waals surface area contributed by atoms with Crippen LogP contribution >= 0.6 is 0 Å². The lowest BCUT2D eigenvalue weighted by atomic mass is 9.99. The van der Waals surface area contributed by atoms with E-state index in [0.717, 1.165) is 37.7 Å². The predicted octanol–water partition coefficient (Wildman–Crippen LogP) is 3.26. The number of aromatic nitrogens is 2. The van der Waals surface area contributed by atoms with Crippen molar-refractivity contribution in [3.05, 3.63) is 42.5 Å². The standard InChI is InChI=1S/C19H23FN4O2/c1-13-7-9-24(10-8-13)18-11-17(21-12-22-18)23-19(25)14(2)26-16-6-4-3-5-15(16)20/h3-6,11-14H,7-10H2,1-2H3,(H,21,22,23,25). The maximum Gasteiger partial charge on any atom is 0.266 e. The van der Waals surface area contributed by atoms with E-state index in [0.29, 0.717) is 5.82 Å². The molecule has 1 fully saturated rings. The highest BCUT2D eigenvalue weighted by molar-refractivity contribution is 5.93. The third-order valence-corrected chi connectivity index (χ3v) is 4.52. The van der Waals surface area contributed by atoms with Crippen LogP contribution in [0.15, 0.2) is 36.7 Å². The lowest BCUT2D eigenvalue weighted by Gasteiger charge is -2.31. The van der Waals surface area contributed by atoms with Crippen LogP contribution in [0.1, 0.15) is 26.7 Å². The van der Waals surface area contributed by atoms with E-state index in [-0.39, 0.29) is 5.75 Å². The molecule has 1 atom stereocenters. The Labute approximate surface area is 152 Å². The molecule has 0 saturated carbocycles. The van der Waals surface area contributed by atoms with Crippen LogP contribution in [0.5, 0.6) is 5.75 Å². The topological polar surface area (TPSA) is 67.4 Å². The molecule has 2 heterocycles. The average molecular weight is 358 g/mol. The van der Waals surface area contributed by atoms with Crippen molar-refractivity contribution in [3.8, 4) is 5.75 Å². The summed E-state index contributed by atoms with van der Waals surface area (Å²) in [5.74, 6) is 1.07. The third-order valence-electron chi connectivity index (χ3n) is 4.52. The molecule has 1 N–H and O–H groups in total. The van der Waals surface area contributed by atoms with E-state index in [9.17, 15) is 9.18 Å². The first kappa shape index (κ1) is 18.1. The Bertz CT molecular complexity index is 763. The third kappa shape index (κ3) is 4.47. The van der Waals surface area contributed by atoms with Crippen molar-refractivity contribution in [2.24, 2.45) is 5.92 Å². The van der Waals surface area contributed by atoms with Gasteiger partial charge in [-0.05, 0) is 37.8 Å².